The lowest BCUT2D eigenvalue weighted by molar-refractivity contribution is -0.141. The molecule has 0 unspecified atom stereocenters. The quantitative estimate of drug-likeness (QED) is 0.741. The van der Waals surface area contributed by atoms with Crippen LogP contribution >= 0.6 is 0 Å². The number of carbonyl (C=O) groups is 2. The van der Waals surface area contributed by atoms with Crippen LogP contribution in [0.5, 0.6) is 0 Å². The molecule has 1 aliphatic carbocycles. The molecule has 6 nitrogen and oxygen atoms in total. The monoisotopic (exact) mass is 460 g/mol. The van der Waals surface area contributed by atoms with Crippen molar-refractivity contribution in [3.8, 4) is 0 Å². The molecule has 2 heterocycles. The molecule has 180 valence electrons. The van der Waals surface area contributed by atoms with E-state index < -0.39 is 0 Å². The van der Waals surface area contributed by atoms with Crippen LogP contribution in [-0.2, 0) is 17.8 Å². The summed E-state index contributed by atoms with van der Waals surface area (Å²) in [5, 5.41) is 3.02. The molecule has 0 bridgehead atoms. The van der Waals surface area contributed by atoms with E-state index in [0.717, 1.165) is 51.1 Å². The number of anilines is 1. The standard InChI is InChI=1S/C28H36N4O2/c1-21-10-12-25(13-11-21)29-28(34)31-18-16-30(17-19-31)26(23-7-3-4-8-23)27(33)32-15-14-22-6-2-5-9-24(22)20-32/h2,5-6,9-13,23,26H,3-4,7-8,14-20H2,1H3,(H,29,34)/t26-/m1/s1. The lowest BCUT2D eigenvalue weighted by Gasteiger charge is -2.43. The molecule has 5 rings (SSSR count). The van der Waals surface area contributed by atoms with Crippen molar-refractivity contribution in [1.82, 2.24) is 14.7 Å². The molecule has 1 saturated heterocycles. The highest BCUT2D eigenvalue weighted by molar-refractivity contribution is 5.89. The number of nitrogens with one attached hydrogen (secondary N) is 1. The van der Waals surface area contributed by atoms with Gasteiger partial charge in [-0.05, 0) is 55.4 Å². The molecule has 3 amide bonds. The first-order valence-corrected chi connectivity index (χ1v) is 12.8. The minimum Gasteiger partial charge on any atom is -0.337 e. The Labute approximate surface area is 202 Å². The fourth-order valence-corrected chi connectivity index (χ4v) is 5.84. The second kappa shape index (κ2) is 10.2. The normalized spacial score (nSPS) is 20.1. The van der Waals surface area contributed by atoms with E-state index in [9.17, 15) is 9.59 Å². The van der Waals surface area contributed by atoms with Crippen molar-refractivity contribution in [1.29, 1.82) is 0 Å². The smallest absolute Gasteiger partial charge is 0.321 e. The molecule has 0 spiro atoms. The van der Waals surface area contributed by atoms with Crippen molar-refractivity contribution in [3.05, 3.63) is 65.2 Å². The van der Waals surface area contributed by atoms with Crippen LogP contribution in [0.15, 0.2) is 48.5 Å². The SMILES string of the molecule is Cc1ccc(NC(=O)N2CCN([C@@H](C(=O)N3CCc4ccccc4C3)C3CCCC3)CC2)cc1. The largest absolute Gasteiger partial charge is 0.337 e. The molecule has 0 aromatic heterocycles. The zero-order chi connectivity index (χ0) is 23.5. The van der Waals surface area contributed by atoms with Gasteiger partial charge in [0.15, 0.2) is 0 Å². The Morgan fingerprint density at radius 1 is 0.853 bits per heavy atom. The molecule has 2 aromatic carbocycles. The summed E-state index contributed by atoms with van der Waals surface area (Å²) in [5.74, 6) is 0.719. The number of amides is 3. The van der Waals surface area contributed by atoms with Gasteiger partial charge < -0.3 is 15.1 Å². The first kappa shape index (κ1) is 22.9. The first-order valence-electron chi connectivity index (χ1n) is 12.8. The molecular formula is C28H36N4O2. The van der Waals surface area contributed by atoms with Gasteiger partial charge in [-0.1, -0.05) is 54.8 Å². The van der Waals surface area contributed by atoms with Gasteiger partial charge in [-0.3, -0.25) is 9.69 Å². The molecule has 0 radical (unpaired) electrons. The van der Waals surface area contributed by atoms with Gasteiger partial charge >= 0.3 is 6.03 Å². The topological polar surface area (TPSA) is 55.9 Å². The lowest BCUT2D eigenvalue weighted by Crippen LogP contribution is -2.59. The fraction of sp³-hybridized carbons (Fsp3) is 0.500. The highest BCUT2D eigenvalue weighted by Gasteiger charge is 2.39. The molecule has 2 aliphatic heterocycles. The van der Waals surface area contributed by atoms with Crippen molar-refractivity contribution < 1.29 is 9.59 Å². The highest BCUT2D eigenvalue weighted by Crippen LogP contribution is 2.33. The van der Waals surface area contributed by atoms with E-state index in [1.54, 1.807) is 0 Å². The van der Waals surface area contributed by atoms with Gasteiger partial charge in [0.1, 0.15) is 0 Å². The number of benzene rings is 2. The predicted octanol–water partition coefficient (Wildman–Crippen LogP) is 4.29. The number of urea groups is 1. The summed E-state index contributed by atoms with van der Waals surface area (Å²) in [4.78, 5) is 33.0. The average molecular weight is 461 g/mol. The minimum atomic E-state index is -0.0601. The molecular weight excluding hydrogens is 424 g/mol. The van der Waals surface area contributed by atoms with Crippen LogP contribution in [0.3, 0.4) is 0 Å². The highest BCUT2D eigenvalue weighted by atomic mass is 16.2. The second-order valence-corrected chi connectivity index (χ2v) is 10.1. The van der Waals surface area contributed by atoms with Gasteiger partial charge in [-0.15, -0.1) is 0 Å². The van der Waals surface area contributed by atoms with Gasteiger partial charge in [-0.25, -0.2) is 4.79 Å². The molecule has 1 atom stereocenters. The summed E-state index contributed by atoms with van der Waals surface area (Å²) in [7, 11) is 0. The van der Waals surface area contributed by atoms with E-state index >= 15 is 0 Å². The number of piperazine rings is 1. The number of carbonyl (C=O) groups excluding carboxylic acids is 2. The van der Waals surface area contributed by atoms with Gasteiger partial charge in [0.25, 0.3) is 0 Å². The zero-order valence-corrected chi connectivity index (χ0v) is 20.2. The third-order valence-electron chi connectivity index (χ3n) is 7.84. The van der Waals surface area contributed by atoms with Gasteiger partial charge in [0.05, 0.1) is 6.04 Å². The Morgan fingerprint density at radius 2 is 1.53 bits per heavy atom. The van der Waals surface area contributed by atoms with E-state index in [0.29, 0.717) is 24.9 Å². The van der Waals surface area contributed by atoms with Gasteiger partial charge in [0, 0.05) is 45.0 Å². The summed E-state index contributed by atoms with van der Waals surface area (Å²) in [6.07, 6.45) is 5.64. The van der Waals surface area contributed by atoms with Crippen LogP contribution in [0.1, 0.15) is 42.4 Å². The van der Waals surface area contributed by atoms with Crippen LogP contribution in [0, 0.1) is 12.8 Å². The fourth-order valence-electron chi connectivity index (χ4n) is 5.84. The number of nitrogens with zero attached hydrogens (tertiary/aromatic N) is 3. The van der Waals surface area contributed by atoms with Crippen molar-refractivity contribution in [3.63, 3.8) is 0 Å². The maximum atomic E-state index is 13.9. The Kier molecular flexibility index (Phi) is 6.86. The van der Waals surface area contributed by atoms with Crippen LogP contribution in [0.25, 0.3) is 0 Å². The van der Waals surface area contributed by atoms with E-state index in [2.05, 4.69) is 39.4 Å². The summed E-state index contributed by atoms with van der Waals surface area (Å²) in [6, 6.07) is 16.3. The van der Waals surface area contributed by atoms with E-state index in [4.69, 9.17) is 0 Å². The minimum absolute atomic E-state index is 0.0557. The summed E-state index contributed by atoms with van der Waals surface area (Å²) in [6.45, 7) is 6.36. The van der Waals surface area contributed by atoms with Crippen LogP contribution < -0.4 is 5.32 Å². The number of rotatable bonds is 4. The maximum Gasteiger partial charge on any atom is 0.321 e. The van der Waals surface area contributed by atoms with Crippen LogP contribution in [0.4, 0.5) is 10.5 Å². The summed E-state index contributed by atoms with van der Waals surface area (Å²) >= 11 is 0. The van der Waals surface area contributed by atoms with Crippen molar-refractivity contribution in [2.45, 2.75) is 51.6 Å². The van der Waals surface area contributed by atoms with Crippen LogP contribution in [-0.4, -0.2) is 65.4 Å². The Morgan fingerprint density at radius 3 is 2.24 bits per heavy atom. The summed E-state index contributed by atoms with van der Waals surface area (Å²) < 4.78 is 0. The molecule has 2 aromatic rings. The first-order chi connectivity index (χ1) is 16.6. The number of hydrogen-bond acceptors (Lipinski definition) is 3. The van der Waals surface area contributed by atoms with Crippen molar-refractivity contribution in [2.75, 3.05) is 38.0 Å². The van der Waals surface area contributed by atoms with E-state index in [-0.39, 0.29) is 12.1 Å². The molecule has 34 heavy (non-hydrogen) atoms. The third kappa shape index (κ3) is 4.97. The number of fused-ring (bicyclic) bond motifs is 1. The Balaban J connectivity index is 1.23. The lowest BCUT2D eigenvalue weighted by atomic mass is 9.92. The summed E-state index contributed by atoms with van der Waals surface area (Å²) in [5.41, 5.74) is 4.65. The van der Waals surface area contributed by atoms with Gasteiger partial charge in [-0.2, -0.15) is 0 Å². The van der Waals surface area contributed by atoms with E-state index in [1.807, 2.05) is 36.1 Å². The average Bonchev–Trinajstić information content (AvgIpc) is 3.40. The second-order valence-electron chi connectivity index (χ2n) is 10.1. The molecule has 3 aliphatic rings. The van der Waals surface area contributed by atoms with Crippen molar-refractivity contribution >= 4 is 17.6 Å². The predicted molar refractivity (Wildman–Crippen MR) is 135 cm³/mol. The van der Waals surface area contributed by atoms with Crippen LogP contribution in [0.2, 0.25) is 0 Å². The van der Waals surface area contributed by atoms with Gasteiger partial charge in [0.2, 0.25) is 5.91 Å². The number of hydrogen-bond donors (Lipinski definition) is 1. The third-order valence-corrected chi connectivity index (χ3v) is 7.84. The molecule has 2 fully saturated rings. The molecule has 6 heteroatoms. The van der Waals surface area contributed by atoms with E-state index in [1.165, 1.54) is 29.5 Å². The Hall–Kier alpha value is -2.86. The van der Waals surface area contributed by atoms with Crippen molar-refractivity contribution in [2.24, 2.45) is 5.92 Å². The number of aryl methyl sites for hydroxylation is 1. The Bertz CT molecular complexity index is 1010. The molecule has 1 saturated carbocycles. The molecule has 1 N–H and O–H groups in total. The maximum absolute atomic E-state index is 13.9. The zero-order valence-electron chi connectivity index (χ0n) is 20.2.